The first kappa shape index (κ1) is 20.6. The maximum Gasteiger partial charge on any atom is 0.372 e. The van der Waals surface area contributed by atoms with Crippen LogP contribution >= 0.6 is 0 Å². The zero-order valence-corrected chi connectivity index (χ0v) is 15.0. The summed E-state index contributed by atoms with van der Waals surface area (Å²) in [5.74, 6) is -1.81. The first-order valence-electron chi connectivity index (χ1n) is 8.41. The van der Waals surface area contributed by atoms with E-state index in [0.29, 0.717) is 19.3 Å². The number of esters is 2. The number of nitrogens with zero attached hydrogens (tertiary/aromatic N) is 1. The Morgan fingerprint density at radius 1 is 1.08 bits per heavy atom. The molecule has 0 aliphatic rings. The average molecular weight is 351 g/mol. The van der Waals surface area contributed by atoms with Gasteiger partial charge in [-0.05, 0) is 26.2 Å². The summed E-state index contributed by atoms with van der Waals surface area (Å²) >= 11 is 0. The fourth-order valence-corrected chi connectivity index (χ4v) is 2.59. The molecule has 1 aromatic rings. The zero-order chi connectivity index (χ0) is 18.8. The Morgan fingerprint density at radius 2 is 1.72 bits per heavy atom. The number of carbonyl (C=O) groups excluding carboxylic acids is 3. The predicted octanol–water partition coefficient (Wildman–Crippen LogP) is 1.13. The first-order chi connectivity index (χ1) is 11.8. The van der Waals surface area contributed by atoms with E-state index < -0.39 is 30.0 Å². The lowest BCUT2D eigenvalue weighted by Crippen LogP contribution is -2.39. The average Bonchev–Trinajstić information content (AvgIpc) is 2.53. The van der Waals surface area contributed by atoms with Gasteiger partial charge in [-0.1, -0.05) is 13.0 Å². The van der Waals surface area contributed by atoms with Gasteiger partial charge in [0.25, 0.3) is 0 Å². The Labute approximate surface area is 148 Å². The van der Waals surface area contributed by atoms with Crippen LogP contribution in [0, 0.1) is 5.92 Å². The molecule has 1 amide bonds. The van der Waals surface area contributed by atoms with Gasteiger partial charge in [-0.15, -0.1) is 0 Å². The van der Waals surface area contributed by atoms with E-state index in [0.717, 1.165) is 0 Å². The highest BCUT2D eigenvalue weighted by atomic mass is 16.5. The second-order valence-corrected chi connectivity index (χ2v) is 6.06. The Kier molecular flexibility index (Phi) is 8.60. The van der Waals surface area contributed by atoms with Crippen molar-refractivity contribution in [2.45, 2.75) is 58.8 Å². The Balaban J connectivity index is 2.59. The lowest BCUT2D eigenvalue weighted by atomic mass is 9.93. The van der Waals surface area contributed by atoms with Gasteiger partial charge >= 0.3 is 11.9 Å². The number of ether oxygens (including phenoxy) is 2. The van der Waals surface area contributed by atoms with Crippen molar-refractivity contribution in [1.29, 1.82) is 0 Å². The third-order valence-electron chi connectivity index (χ3n) is 3.78. The van der Waals surface area contributed by atoms with Gasteiger partial charge in [0.05, 0.1) is 6.10 Å². The molecule has 1 heterocycles. The second kappa shape index (κ2) is 10.4. The molecule has 0 saturated carbocycles. The Bertz CT molecular complexity index is 576. The highest BCUT2D eigenvalue weighted by Gasteiger charge is 2.26. The number of amides is 1. The monoisotopic (exact) mass is 351 g/mol. The highest BCUT2D eigenvalue weighted by Crippen LogP contribution is 2.19. The second-order valence-electron chi connectivity index (χ2n) is 6.06. The molecule has 0 fully saturated rings. The standard InChI is InChI=1S/C18H26N2O5/c1-4-16(25-17(22)12-20-8-6-5-7-9-20)11-15(18(19)23)10-13(2)24-14(3)21/h5-9,13,15-16H,4,10-12H2,1-3H3,(H-,19,23)/p+1. The molecule has 2 N–H and O–H groups in total. The maximum atomic E-state index is 12.1. The minimum atomic E-state index is -0.531. The van der Waals surface area contributed by atoms with E-state index in [1.165, 1.54) is 6.92 Å². The van der Waals surface area contributed by atoms with E-state index in [-0.39, 0.29) is 12.5 Å². The van der Waals surface area contributed by atoms with Gasteiger partial charge in [-0.3, -0.25) is 9.59 Å². The van der Waals surface area contributed by atoms with E-state index in [4.69, 9.17) is 15.2 Å². The van der Waals surface area contributed by atoms with E-state index in [1.54, 1.807) is 23.9 Å². The predicted molar refractivity (Wildman–Crippen MR) is 90.0 cm³/mol. The van der Waals surface area contributed by atoms with Crippen molar-refractivity contribution in [2.24, 2.45) is 11.7 Å². The van der Waals surface area contributed by atoms with Crippen LogP contribution in [0.2, 0.25) is 0 Å². The van der Waals surface area contributed by atoms with Crippen molar-refractivity contribution in [3.8, 4) is 0 Å². The summed E-state index contributed by atoms with van der Waals surface area (Å²) in [5.41, 5.74) is 5.45. The fourth-order valence-electron chi connectivity index (χ4n) is 2.59. The number of aromatic nitrogens is 1. The van der Waals surface area contributed by atoms with Gasteiger partial charge in [-0.2, -0.15) is 4.57 Å². The summed E-state index contributed by atoms with van der Waals surface area (Å²) in [6, 6.07) is 5.51. The maximum absolute atomic E-state index is 12.1. The van der Waals surface area contributed by atoms with Crippen molar-refractivity contribution < 1.29 is 28.4 Å². The van der Waals surface area contributed by atoms with Gasteiger partial charge in [0.1, 0.15) is 6.10 Å². The summed E-state index contributed by atoms with van der Waals surface area (Å²) in [6.07, 6.45) is 3.88. The van der Waals surface area contributed by atoms with Crippen molar-refractivity contribution in [3.63, 3.8) is 0 Å². The number of rotatable bonds is 10. The van der Waals surface area contributed by atoms with E-state index >= 15 is 0 Å². The number of primary amides is 1. The lowest BCUT2D eigenvalue weighted by molar-refractivity contribution is -0.686. The molecule has 0 bridgehead atoms. The van der Waals surface area contributed by atoms with Crippen LogP contribution in [-0.4, -0.2) is 30.1 Å². The lowest BCUT2D eigenvalue weighted by Gasteiger charge is -2.22. The van der Waals surface area contributed by atoms with Crippen molar-refractivity contribution >= 4 is 17.8 Å². The smallest absolute Gasteiger partial charge is 0.372 e. The van der Waals surface area contributed by atoms with Gasteiger partial charge in [0, 0.05) is 25.0 Å². The molecule has 3 unspecified atom stereocenters. The largest absolute Gasteiger partial charge is 0.463 e. The summed E-state index contributed by atoms with van der Waals surface area (Å²) in [4.78, 5) is 34.8. The molecule has 1 aromatic heterocycles. The third-order valence-corrected chi connectivity index (χ3v) is 3.78. The summed E-state index contributed by atoms with van der Waals surface area (Å²) in [5, 5.41) is 0. The van der Waals surface area contributed by atoms with Crippen LogP contribution in [0.3, 0.4) is 0 Å². The van der Waals surface area contributed by atoms with Gasteiger partial charge in [0.2, 0.25) is 12.5 Å². The molecule has 1 rings (SSSR count). The van der Waals surface area contributed by atoms with Gasteiger partial charge in [-0.25, -0.2) is 4.79 Å². The van der Waals surface area contributed by atoms with E-state index in [9.17, 15) is 14.4 Å². The Hall–Kier alpha value is -2.44. The van der Waals surface area contributed by atoms with Crippen molar-refractivity contribution in [2.75, 3.05) is 0 Å². The highest BCUT2D eigenvalue weighted by molar-refractivity contribution is 5.77. The fraction of sp³-hybridized carbons (Fsp3) is 0.556. The topological polar surface area (TPSA) is 99.6 Å². The molecule has 0 aliphatic carbocycles. The molecule has 0 saturated heterocycles. The SMILES string of the molecule is CCC(CC(CC(C)OC(C)=O)C(N)=O)OC(=O)C[n+]1ccccc1. The molecule has 0 spiro atoms. The number of hydrogen-bond acceptors (Lipinski definition) is 5. The minimum Gasteiger partial charge on any atom is -0.463 e. The van der Waals surface area contributed by atoms with E-state index in [1.807, 2.05) is 25.1 Å². The van der Waals surface area contributed by atoms with Crippen LogP contribution in [0.4, 0.5) is 0 Å². The summed E-state index contributed by atoms with van der Waals surface area (Å²) in [6.45, 7) is 4.99. The van der Waals surface area contributed by atoms with Crippen LogP contribution in [-0.2, 0) is 30.4 Å². The van der Waals surface area contributed by atoms with Crippen LogP contribution in [0.25, 0.3) is 0 Å². The summed E-state index contributed by atoms with van der Waals surface area (Å²) < 4.78 is 12.2. The molecule has 0 radical (unpaired) electrons. The van der Waals surface area contributed by atoms with Crippen LogP contribution in [0.5, 0.6) is 0 Å². The quantitative estimate of drug-likeness (QED) is 0.503. The Morgan fingerprint density at radius 3 is 2.24 bits per heavy atom. The molecule has 0 aromatic carbocycles. The number of hydrogen-bond donors (Lipinski definition) is 1. The molecule has 0 aliphatic heterocycles. The number of pyridine rings is 1. The molecular formula is C18H27N2O5+. The normalized spacial score (nSPS) is 14.2. The molecular weight excluding hydrogens is 324 g/mol. The molecule has 3 atom stereocenters. The molecule has 7 nitrogen and oxygen atoms in total. The number of nitrogens with two attached hydrogens (primary N) is 1. The van der Waals surface area contributed by atoms with E-state index in [2.05, 4.69) is 0 Å². The molecule has 138 valence electrons. The minimum absolute atomic E-state index is 0.0996. The van der Waals surface area contributed by atoms with Crippen LogP contribution in [0.1, 0.15) is 40.0 Å². The van der Waals surface area contributed by atoms with Crippen LogP contribution in [0.15, 0.2) is 30.6 Å². The first-order valence-corrected chi connectivity index (χ1v) is 8.41. The van der Waals surface area contributed by atoms with Crippen LogP contribution < -0.4 is 10.3 Å². The third kappa shape index (κ3) is 8.28. The van der Waals surface area contributed by atoms with Gasteiger partial charge in [0.15, 0.2) is 12.4 Å². The molecule has 7 heteroatoms. The summed E-state index contributed by atoms with van der Waals surface area (Å²) in [7, 11) is 0. The van der Waals surface area contributed by atoms with Crippen molar-refractivity contribution in [3.05, 3.63) is 30.6 Å². The zero-order valence-electron chi connectivity index (χ0n) is 15.0. The van der Waals surface area contributed by atoms with Crippen molar-refractivity contribution in [1.82, 2.24) is 0 Å². The molecule has 25 heavy (non-hydrogen) atoms. The number of carbonyl (C=O) groups is 3. The van der Waals surface area contributed by atoms with Gasteiger partial charge < -0.3 is 15.2 Å².